The summed E-state index contributed by atoms with van der Waals surface area (Å²) in [6, 6.07) is 6.47. The number of amides is 1. The fraction of sp³-hybridized carbons (Fsp3) is 0.526. The van der Waals surface area contributed by atoms with Gasteiger partial charge >= 0.3 is 59.1 Å². The molecule has 1 amide bonds. The molecular weight excluding hydrogens is 382 g/mol. The van der Waals surface area contributed by atoms with Crippen LogP contribution in [0, 0.1) is 5.41 Å². The van der Waals surface area contributed by atoms with E-state index in [2.05, 4.69) is 10.6 Å². The first-order chi connectivity index (χ1) is 12.1. The van der Waals surface area contributed by atoms with Gasteiger partial charge in [0.1, 0.15) is 0 Å². The third kappa shape index (κ3) is 12.9. The topological polar surface area (TPSA) is 121 Å². The number of rotatable bonds is 10. The molecule has 0 radical (unpaired) electrons. The zero-order valence-electron chi connectivity index (χ0n) is 17.4. The molecule has 0 saturated heterocycles. The molecule has 2 N–H and O–H groups in total. The number of aliphatic carboxylic acids is 2. The van der Waals surface area contributed by atoms with E-state index in [9.17, 15) is 24.6 Å². The van der Waals surface area contributed by atoms with Crippen LogP contribution >= 0.6 is 0 Å². The van der Waals surface area contributed by atoms with Crippen molar-refractivity contribution in [2.45, 2.75) is 52.1 Å². The second-order valence-corrected chi connectivity index (χ2v) is 7.46. The van der Waals surface area contributed by atoms with Gasteiger partial charge in [0.05, 0.1) is 18.1 Å². The second-order valence-electron chi connectivity index (χ2n) is 7.46. The summed E-state index contributed by atoms with van der Waals surface area (Å²) in [5.41, 5.74) is 0.732. The Morgan fingerprint density at radius 1 is 1.00 bits per heavy atom. The number of hydrogen-bond donors (Lipinski definition) is 2. The standard InChI is InChI=1S/C19H28N2O5.2Na/c1-19(2,3)9-10-20-14(12-16(22)23)17(24)21-15(18(25)26)11-13-7-5-4-6-8-13;;/h4-8,14-15,20H,9-12H2,1-3H3,(H,21,24)(H,22,23)(H,25,26);;/q;2*+1/p-2/t14-,15-;;/m0../s1. The van der Waals surface area contributed by atoms with Gasteiger partial charge in [-0.05, 0) is 30.4 Å². The molecule has 7 nitrogen and oxygen atoms in total. The Morgan fingerprint density at radius 3 is 2.04 bits per heavy atom. The fourth-order valence-electron chi connectivity index (χ4n) is 2.36. The number of carbonyl (C=O) groups excluding carboxylic acids is 3. The summed E-state index contributed by atoms with van der Waals surface area (Å²) >= 11 is 0. The third-order valence-electron chi connectivity index (χ3n) is 3.84. The largest absolute Gasteiger partial charge is 1.00 e. The number of hydrogen-bond acceptors (Lipinski definition) is 6. The number of carboxylic acid groups (broad SMARTS) is 2. The van der Waals surface area contributed by atoms with Crippen LogP contribution in [-0.4, -0.2) is 36.5 Å². The first-order valence-corrected chi connectivity index (χ1v) is 8.57. The zero-order valence-corrected chi connectivity index (χ0v) is 21.4. The fourth-order valence-corrected chi connectivity index (χ4v) is 2.36. The van der Waals surface area contributed by atoms with Gasteiger partial charge in [-0.15, -0.1) is 0 Å². The normalized spacial score (nSPS) is 12.7. The molecule has 0 aromatic heterocycles. The van der Waals surface area contributed by atoms with Crippen LogP contribution in [0.1, 0.15) is 39.2 Å². The van der Waals surface area contributed by atoms with Gasteiger partial charge in [-0.3, -0.25) is 4.79 Å². The summed E-state index contributed by atoms with van der Waals surface area (Å²) in [5.74, 6) is -3.51. The van der Waals surface area contributed by atoms with E-state index < -0.39 is 36.4 Å². The number of carbonyl (C=O) groups is 3. The van der Waals surface area contributed by atoms with Gasteiger partial charge in [-0.1, -0.05) is 51.1 Å². The van der Waals surface area contributed by atoms with E-state index in [-0.39, 0.29) is 71.0 Å². The predicted molar refractivity (Wildman–Crippen MR) is 92.6 cm³/mol. The molecular formula is C19H26N2Na2O5. The van der Waals surface area contributed by atoms with Crippen molar-refractivity contribution < 1.29 is 83.7 Å². The molecule has 0 aliphatic heterocycles. The number of carboxylic acids is 2. The van der Waals surface area contributed by atoms with E-state index in [0.717, 1.165) is 12.0 Å². The summed E-state index contributed by atoms with van der Waals surface area (Å²) in [4.78, 5) is 34.7. The van der Waals surface area contributed by atoms with E-state index in [1.165, 1.54) is 0 Å². The van der Waals surface area contributed by atoms with Crippen molar-refractivity contribution in [1.82, 2.24) is 10.6 Å². The second kappa shape index (κ2) is 14.6. The van der Waals surface area contributed by atoms with Crippen LogP contribution in [-0.2, 0) is 20.8 Å². The Hall–Kier alpha value is -0.410. The van der Waals surface area contributed by atoms with Crippen molar-refractivity contribution in [1.29, 1.82) is 0 Å². The van der Waals surface area contributed by atoms with E-state index in [0.29, 0.717) is 6.54 Å². The Morgan fingerprint density at radius 2 is 1.57 bits per heavy atom. The Balaban J connectivity index is 0. The molecule has 0 bridgehead atoms. The van der Waals surface area contributed by atoms with E-state index in [1.54, 1.807) is 30.3 Å². The molecule has 1 rings (SSSR count). The van der Waals surface area contributed by atoms with Crippen LogP contribution in [0.5, 0.6) is 0 Å². The number of nitrogens with one attached hydrogen (secondary N) is 2. The van der Waals surface area contributed by atoms with Gasteiger partial charge in [-0.2, -0.15) is 0 Å². The van der Waals surface area contributed by atoms with Crippen molar-refractivity contribution in [3.63, 3.8) is 0 Å². The van der Waals surface area contributed by atoms with Gasteiger partial charge < -0.3 is 30.4 Å². The summed E-state index contributed by atoms with van der Waals surface area (Å²) in [7, 11) is 0. The van der Waals surface area contributed by atoms with Crippen LogP contribution in [0.2, 0.25) is 0 Å². The molecule has 0 heterocycles. The summed E-state index contributed by atoms with van der Waals surface area (Å²) in [5, 5.41) is 27.5. The number of benzene rings is 1. The SMILES string of the molecule is CC(C)(C)CCN[C@@H](CC(=O)[O-])C(=O)N[C@@H](Cc1ccccc1)C(=O)[O-].[Na+].[Na+]. The minimum absolute atomic E-state index is 0. The van der Waals surface area contributed by atoms with E-state index in [1.807, 2.05) is 20.8 Å². The predicted octanol–water partition coefficient (Wildman–Crippen LogP) is -6.99. The Labute approximate surface area is 210 Å². The van der Waals surface area contributed by atoms with Crippen LogP contribution in [0.3, 0.4) is 0 Å². The summed E-state index contributed by atoms with van der Waals surface area (Å²) in [6.45, 7) is 6.49. The monoisotopic (exact) mass is 408 g/mol. The zero-order chi connectivity index (χ0) is 19.7. The molecule has 28 heavy (non-hydrogen) atoms. The minimum Gasteiger partial charge on any atom is -0.550 e. The Bertz CT molecular complexity index is 621. The first kappa shape index (κ1) is 29.8. The maximum Gasteiger partial charge on any atom is 1.00 e. The van der Waals surface area contributed by atoms with Crippen molar-refractivity contribution >= 4 is 17.8 Å². The van der Waals surface area contributed by atoms with Crippen LogP contribution in [0.25, 0.3) is 0 Å². The molecule has 2 atom stereocenters. The molecule has 0 unspecified atom stereocenters. The molecule has 0 fully saturated rings. The van der Waals surface area contributed by atoms with Crippen LogP contribution in [0.15, 0.2) is 30.3 Å². The Kier molecular flexibility index (Phi) is 15.5. The molecule has 9 heteroatoms. The van der Waals surface area contributed by atoms with Gasteiger partial charge in [-0.25, -0.2) is 0 Å². The van der Waals surface area contributed by atoms with E-state index >= 15 is 0 Å². The maximum absolute atomic E-state index is 12.4. The third-order valence-corrected chi connectivity index (χ3v) is 3.84. The van der Waals surface area contributed by atoms with Crippen molar-refractivity contribution in [2.24, 2.45) is 5.41 Å². The van der Waals surface area contributed by atoms with Gasteiger partial charge in [0.15, 0.2) is 0 Å². The molecule has 0 spiro atoms. The molecule has 1 aromatic rings. The maximum atomic E-state index is 12.4. The van der Waals surface area contributed by atoms with Crippen molar-refractivity contribution in [3.8, 4) is 0 Å². The quantitative estimate of drug-likeness (QED) is 0.371. The summed E-state index contributed by atoms with van der Waals surface area (Å²) in [6.07, 6.45) is 0.230. The first-order valence-electron chi connectivity index (χ1n) is 8.57. The average molecular weight is 408 g/mol. The van der Waals surface area contributed by atoms with Crippen LogP contribution in [0.4, 0.5) is 0 Å². The van der Waals surface area contributed by atoms with Gasteiger partial charge in [0, 0.05) is 12.4 Å². The van der Waals surface area contributed by atoms with Crippen molar-refractivity contribution in [3.05, 3.63) is 35.9 Å². The molecule has 0 aliphatic rings. The molecule has 0 saturated carbocycles. The smallest absolute Gasteiger partial charge is 0.550 e. The van der Waals surface area contributed by atoms with E-state index in [4.69, 9.17) is 0 Å². The van der Waals surface area contributed by atoms with Gasteiger partial charge in [0.25, 0.3) is 0 Å². The average Bonchev–Trinajstić information content (AvgIpc) is 2.52. The molecule has 0 aliphatic carbocycles. The van der Waals surface area contributed by atoms with Crippen LogP contribution < -0.4 is 80.0 Å². The molecule has 144 valence electrons. The minimum atomic E-state index is -1.43. The summed E-state index contributed by atoms with van der Waals surface area (Å²) < 4.78 is 0. The van der Waals surface area contributed by atoms with Crippen molar-refractivity contribution in [2.75, 3.05) is 6.54 Å². The van der Waals surface area contributed by atoms with Gasteiger partial charge in [0.2, 0.25) is 5.91 Å². The molecule has 1 aromatic carbocycles.